The van der Waals surface area contributed by atoms with Crippen molar-refractivity contribution in [3.8, 4) is 0 Å². The second kappa shape index (κ2) is 5.13. The molecule has 0 amide bonds. The summed E-state index contributed by atoms with van der Waals surface area (Å²) < 4.78 is 0. The van der Waals surface area contributed by atoms with Crippen LogP contribution >= 0.6 is 0 Å². The van der Waals surface area contributed by atoms with E-state index in [1.165, 1.54) is 0 Å². The molecule has 2 heterocycles. The van der Waals surface area contributed by atoms with Crippen molar-refractivity contribution in [2.45, 2.75) is 0 Å². The molecule has 0 atom stereocenters. The van der Waals surface area contributed by atoms with Gasteiger partial charge in [-0.05, 0) is 5.57 Å². The van der Waals surface area contributed by atoms with Crippen molar-refractivity contribution >= 4 is 11.6 Å². The molecule has 0 saturated heterocycles. The van der Waals surface area contributed by atoms with E-state index in [1.54, 1.807) is 12.4 Å². The van der Waals surface area contributed by atoms with Gasteiger partial charge in [-0.15, -0.1) is 0 Å². The SMILES string of the molecule is NNc1nccnc1NCC1=CNCC=C1. The number of hydrogen-bond donors (Lipinski definition) is 4. The largest absolute Gasteiger partial charge is 0.387 e. The van der Waals surface area contributed by atoms with Crippen LogP contribution in [0, 0.1) is 0 Å². The van der Waals surface area contributed by atoms with Gasteiger partial charge in [-0.1, -0.05) is 12.2 Å². The molecular weight excluding hydrogens is 204 g/mol. The topological polar surface area (TPSA) is 87.9 Å². The van der Waals surface area contributed by atoms with Gasteiger partial charge in [-0.2, -0.15) is 0 Å². The van der Waals surface area contributed by atoms with Crippen LogP contribution in [0.15, 0.2) is 36.3 Å². The molecule has 0 saturated carbocycles. The molecular formula is C10H14N6. The van der Waals surface area contributed by atoms with Crippen molar-refractivity contribution in [1.82, 2.24) is 15.3 Å². The molecule has 0 aromatic carbocycles. The third-order valence-electron chi connectivity index (χ3n) is 2.15. The van der Waals surface area contributed by atoms with Gasteiger partial charge in [0.2, 0.25) is 0 Å². The summed E-state index contributed by atoms with van der Waals surface area (Å²) >= 11 is 0. The predicted molar refractivity (Wildman–Crippen MR) is 63.6 cm³/mol. The number of hydrogen-bond acceptors (Lipinski definition) is 6. The van der Waals surface area contributed by atoms with E-state index in [1.807, 2.05) is 6.20 Å². The van der Waals surface area contributed by atoms with E-state index in [4.69, 9.17) is 5.84 Å². The molecule has 1 aromatic rings. The molecule has 6 nitrogen and oxygen atoms in total. The first kappa shape index (κ1) is 10.4. The number of nitrogens with two attached hydrogens (primary N) is 1. The Morgan fingerprint density at radius 3 is 2.81 bits per heavy atom. The number of nitrogens with one attached hydrogen (secondary N) is 3. The molecule has 0 radical (unpaired) electrons. The van der Waals surface area contributed by atoms with Crippen LogP contribution in [0.5, 0.6) is 0 Å². The monoisotopic (exact) mass is 218 g/mol. The molecule has 84 valence electrons. The highest BCUT2D eigenvalue weighted by atomic mass is 15.3. The van der Waals surface area contributed by atoms with Crippen LogP contribution in [0.1, 0.15) is 0 Å². The molecule has 5 N–H and O–H groups in total. The third kappa shape index (κ3) is 2.48. The highest BCUT2D eigenvalue weighted by Gasteiger charge is 2.03. The summed E-state index contributed by atoms with van der Waals surface area (Å²) in [4.78, 5) is 8.19. The number of nitrogens with zero attached hydrogens (tertiary/aromatic N) is 2. The van der Waals surface area contributed by atoms with Crippen molar-refractivity contribution in [1.29, 1.82) is 0 Å². The maximum atomic E-state index is 5.33. The van der Waals surface area contributed by atoms with E-state index in [0.717, 1.165) is 12.1 Å². The van der Waals surface area contributed by atoms with Gasteiger partial charge in [0.1, 0.15) is 0 Å². The van der Waals surface area contributed by atoms with Crippen LogP contribution in [0.4, 0.5) is 11.6 Å². The van der Waals surface area contributed by atoms with E-state index < -0.39 is 0 Å². The number of hydrazine groups is 1. The molecule has 0 aliphatic carbocycles. The first-order valence-electron chi connectivity index (χ1n) is 5.00. The van der Waals surface area contributed by atoms with Gasteiger partial charge in [0.15, 0.2) is 11.6 Å². The fraction of sp³-hybridized carbons (Fsp3) is 0.200. The minimum Gasteiger partial charge on any atom is -0.387 e. The smallest absolute Gasteiger partial charge is 0.183 e. The van der Waals surface area contributed by atoms with Crippen molar-refractivity contribution in [3.63, 3.8) is 0 Å². The normalized spacial score (nSPS) is 13.9. The van der Waals surface area contributed by atoms with E-state index in [0.29, 0.717) is 18.2 Å². The minimum atomic E-state index is 0.538. The van der Waals surface area contributed by atoms with Crippen LogP contribution in [-0.4, -0.2) is 23.1 Å². The summed E-state index contributed by atoms with van der Waals surface area (Å²) in [5, 5.41) is 6.29. The molecule has 1 aliphatic heterocycles. The van der Waals surface area contributed by atoms with E-state index >= 15 is 0 Å². The summed E-state index contributed by atoms with van der Waals surface area (Å²) in [6, 6.07) is 0. The summed E-state index contributed by atoms with van der Waals surface area (Å²) in [6.45, 7) is 1.56. The maximum absolute atomic E-state index is 5.33. The van der Waals surface area contributed by atoms with Crippen molar-refractivity contribution in [3.05, 3.63) is 36.3 Å². The summed E-state index contributed by atoms with van der Waals surface area (Å²) in [5.74, 6) is 6.51. The fourth-order valence-electron chi connectivity index (χ4n) is 1.39. The molecule has 0 unspecified atom stereocenters. The highest BCUT2D eigenvalue weighted by Crippen LogP contribution is 2.13. The number of anilines is 2. The minimum absolute atomic E-state index is 0.538. The Morgan fingerprint density at radius 1 is 1.31 bits per heavy atom. The van der Waals surface area contributed by atoms with Gasteiger partial charge < -0.3 is 16.1 Å². The summed E-state index contributed by atoms with van der Waals surface area (Å²) in [5.41, 5.74) is 3.65. The lowest BCUT2D eigenvalue weighted by atomic mass is 10.2. The van der Waals surface area contributed by atoms with E-state index in [9.17, 15) is 0 Å². The molecule has 6 heteroatoms. The fourth-order valence-corrected chi connectivity index (χ4v) is 1.39. The first-order chi connectivity index (χ1) is 7.90. The van der Waals surface area contributed by atoms with Gasteiger partial charge in [0, 0.05) is 31.7 Å². The quantitative estimate of drug-likeness (QED) is 0.427. The lowest BCUT2D eigenvalue weighted by Crippen LogP contribution is -2.16. The Morgan fingerprint density at radius 2 is 2.12 bits per heavy atom. The Balaban J connectivity index is 1.99. The van der Waals surface area contributed by atoms with Gasteiger partial charge >= 0.3 is 0 Å². The standard InChI is InChI=1S/C10H14N6/c11-16-10-9(13-4-5-14-10)15-7-8-2-1-3-12-6-8/h1-2,4-6,12H,3,7,11H2,(H,13,15)(H,14,16). The Bertz CT molecular complexity index is 412. The second-order valence-electron chi connectivity index (χ2n) is 3.28. The molecule has 1 aromatic heterocycles. The van der Waals surface area contributed by atoms with Gasteiger partial charge in [0.25, 0.3) is 0 Å². The van der Waals surface area contributed by atoms with Crippen molar-refractivity contribution in [2.24, 2.45) is 5.84 Å². The maximum Gasteiger partial charge on any atom is 0.183 e. The molecule has 2 rings (SSSR count). The van der Waals surface area contributed by atoms with E-state index in [2.05, 4.69) is 38.2 Å². The van der Waals surface area contributed by atoms with Crippen LogP contribution < -0.4 is 21.9 Å². The zero-order valence-corrected chi connectivity index (χ0v) is 8.77. The Kier molecular flexibility index (Phi) is 3.35. The van der Waals surface area contributed by atoms with E-state index in [-0.39, 0.29) is 0 Å². The average Bonchev–Trinajstić information content (AvgIpc) is 2.38. The molecule has 0 bridgehead atoms. The van der Waals surface area contributed by atoms with Crippen LogP contribution in [-0.2, 0) is 0 Å². The number of aromatic nitrogens is 2. The second-order valence-corrected chi connectivity index (χ2v) is 3.28. The first-order valence-corrected chi connectivity index (χ1v) is 5.00. The molecule has 0 spiro atoms. The Hall–Kier alpha value is -2.08. The average molecular weight is 218 g/mol. The highest BCUT2D eigenvalue weighted by molar-refractivity contribution is 5.58. The van der Waals surface area contributed by atoms with Crippen LogP contribution in [0.3, 0.4) is 0 Å². The van der Waals surface area contributed by atoms with Crippen molar-refractivity contribution in [2.75, 3.05) is 23.8 Å². The van der Waals surface area contributed by atoms with Crippen LogP contribution in [0.2, 0.25) is 0 Å². The molecule has 16 heavy (non-hydrogen) atoms. The third-order valence-corrected chi connectivity index (χ3v) is 2.15. The molecule has 0 fully saturated rings. The van der Waals surface area contributed by atoms with Gasteiger partial charge in [0.05, 0.1) is 0 Å². The molecule has 1 aliphatic rings. The number of nitrogen functional groups attached to an aromatic ring is 1. The van der Waals surface area contributed by atoms with Gasteiger partial charge in [-0.25, -0.2) is 15.8 Å². The zero-order valence-electron chi connectivity index (χ0n) is 8.77. The predicted octanol–water partition coefficient (Wildman–Crippen LogP) is 0.217. The van der Waals surface area contributed by atoms with Crippen molar-refractivity contribution < 1.29 is 0 Å². The lowest BCUT2D eigenvalue weighted by Gasteiger charge is -2.11. The van der Waals surface area contributed by atoms with Crippen LogP contribution in [0.25, 0.3) is 0 Å². The summed E-state index contributed by atoms with van der Waals surface area (Å²) in [6.07, 6.45) is 9.30. The summed E-state index contributed by atoms with van der Waals surface area (Å²) in [7, 11) is 0. The number of rotatable bonds is 4. The van der Waals surface area contributed by atoms with Gasteiger partial charge in [-0.3, -0.25) is 0 Å². The Labute approximate surface area is 93.6 Å². The zero-order chi connectivity index (χ0) is 11.2. The number of dihydropyridines is 1. The lowest BCUT2D eigenvalue weighted by molar-refractivity contribution is 0.945.